The van der Waals surface area contributed by atoms with Crippen LogP contribution in [0.1, 0.15) is 74.0 Å². The van der Waals surface area contributed by atoms with Crippen molar-refractivity contribution in [1.82, 2.24) is 0 Å². The van der Waals surface area contributed by atoms with Gasteiger partial charge in [-0.25, -0.2) is 0 Å². The van der Waals surface area contributed by atoms with Crippen LogP contribution in [0.5, 0.6) is 0 Å². The second kappa shape index (κ2) is 6.24. The van der Waals surface area contributed by atoms with Crippen LogP contribution >= 0.6 is 0 Å². The van der Waals surface area contributed by atoms with E-state index in [0.717, 1.165) is 31.3 Å². The number of rotatable bonds is 4. The molecule has 4 atom stereocenters. The maximum atomic E-state index is 12.6. The molecule has 0 amide bonds. The molecule has 0 saturated heterocycles. The van der Waals surface area contributed by atoms with Gasteiger partial charge in [0.15, 0.2) is 0 Å². The summed E-state index contributed by atoms with van der Waals surface area (Å²) in [6, 6.07) is 0. The molecule has 0 spiro atoms. The number of hydrogen-bond donors (Lipinski definition) is 1. The molecule has 2 rings (SSSR count). The number of carbonyl (C=O) groups is 1. The van der Waals surface area contributed by atoms with Gasteiger partial charge in [-0.3, -0.25) is 4.79 Å². The summed E-state index contributed by atoms with van der Waals surface area (Å²) in [4.78, 5) is 12.6. The van der Waals surface area contributed by atoms with Gasteiger partial charge in [0.05, 0.1) is 7.95 Å². The number of Topliss-reactive ketones (excluding diaryl/α,β-unsaturated/α-hetero) is 1. The quantitative estimate of drug-likeness (QED) is 0.774. The van der Waals surface area contributed by atoms with Crippen molar-refractivity contribution in [1.29, 1.82) is 0 Å². The fourth-order valence-electron chi connectivity index (χ4n) is 5.21. The van der Waals surface area contributed by atoms with Crippen LogP contribution in [0.4, 0.5) is 0 Å². The van der Waals surface area contributed by atoms with Crippen LogP contribution in [-0.2, 0) is 4.79 Å². The molecule has 0 bridgehead atoms. The molecule has 2 nitrogen and oxygen atoms in total. The van der Waals surface area contributed by atoms with E-state index in [-0.39, 0.29) is 11.3 Å². The summed E-state index contributed by atoms with van der Waals surface area (Å²) in [7, 11) is 0. The number of hydrogen-bond acceptors (Lipinski definition) is 2. The fraction of sp³-hybridized carbons (Fsp3) is 0.842. The summed E-state index contributed by atoms with van der Waals surface area (Å²) >= 11 is 0. The first-order valence-corrected chi connectivity index (χ1v) is 8.47. The topological polar surface area (TPSA) is 37.3 Å². The Bertz CT molecular complexity index is 452. The molecule has 120 valence electrons. The average molecular weight is 293 g/mol. The lowest BCUT2D eigenvalue weighted by molar-refractivity contribution is -0.143. The van der Waals surface area contributed by atoms with Gasteiger partial charge in [-0.2, -0.15) is 0 Å². The van der Waals surface area contributed by atoms with Crippen LogP contribution in [0.2, 0.25) is 0 Å². The van der Waals surface area contributed by atoms with Gasteiger partial charge in [0, 0.05) is 12.3 Å². The van der Waals surface area contributed by atoms with E-state index in [1.165, 1.54) is 19.3 Å². The Morgan fingerprint density at radius 3 is 2.81 bits per heavy atom. The minimum absolute atomic E-state index is 0.136. The van der Waals surface area contributed by atoms with Gasteiger partial charge in [0.1, 0.15) is 5.78 Å². The summed E-state index contributed by atoms with van der Waals surface area (Å²) in [5.74, 6) is 1.23. The first kappa shape index (κ1) is 15.3. The van der Waals surface area contributed by atoms with E-state index in [1.54, 1.807) is 6.08 Å². The maximum Gasteiger partial charge on any atom is 0.136 e. The number of allylic oxidation sites excluding steroid dienone is 1. The van der Waals surface area contributed by atoms with Crippen LogP contribution < -0.4 is 0 Å². The molecule has 0 aromatic carbocycles. The fourth-order valence-corrected chi connectivity index (χ4v) is 5.21. The van der Waals surface area contributed by atoms with Crippen LogP contribution in [0.3, 0.4) is 0 Å². The summed E-state index contributed by atoms with van der Waals surface area (Å²) in [5.41, 5.74) is 1.50. The summed E-state index contributed by atoms with van der Waals surface area (Å²) < 4.78 is 7.22. The van der Waals surface area contributed by atoms with Crippen molar-refractivity contribution >= 4 is 5.78 Å². The minimum atomic E-state index is -1.14. The normalized spacial score (nSPS) is 38.6. The SMILES string of the molecule is [2H][C@H](O)/C=C(\C)CC[C@H]1C(=O)CCC2C(C)(C)CCC[C@@]21C. The van der Waals surface area contributed by atoms with Gasteiger partial charge < -0.3 is 5.11 Å². The Morgan fingerprint density at radius 2 is 2.14 bits per heavy atom. The van der Waals surface area contributed by atoms with E-state index in [4.69, 9.17) is 6.48 Å². The van der Waals surface area contributed by atoms with E-state index in [2.05, 4.69) is 20.8 Å². The standard InChI is InChI=1S/C19H32O2/c1-14(10-13-20)6-7-15-16(21)8-9-17-18(2,3)11-5-12-19(15,17)4/h10,15,17,20H,5-9,11-13H2,1-4H3/b14-10+/t15-,17?,19+/m0/s1/i13D/t13-,15-,17?,19+. The van der Waals surface area contributed by atoms with E-state index < -0.39 is 6.58 Å². The van der Waals surface area contributed by atoms with Gasteiger partial charge in [-0.1, -0.05) is 38.8 Å². The first-order chi connectivity index (χ1) is 10.2. The molecule has 0 radical (unpaired) electrons. The second-order valence-electron chi connectivity index (χ2n) is 8.16. The predicted molar refractivity (Wildman–Crippen MR) is 87.0 cm³/mol. The van der Waals surface area contributed by atoms with Crippen LogP contribution in [0, 0.1) is 22.7 Å². The van der Waals surface area contributed by atoms with Crippen molar-refractivity contribution in [3.63, 3.8) is 0 Å². The molecule has 0 aromatic heterocycles. The zero-order chi connectivity index (χ0) is 16.5. The predicted octanol–water partition coefficient (Wildman–Crippen LogP) is 4.52. The van der Waals surface area contributed by atoms with Crippen molar-refractivity contribution in [3.8, 4) is 0 Å². The van der Waals surface area contributed by atoms with Gasteiger partial charge >= 0.3 is 0 Å². The summed E-state index contributed by atoms with van der Waals surface area (Å²) in [6.07, 6.45) is 8.73. The maximum absolute atomic E-state index is 12.6. The number of carbonyl (C=O) groups excluding carboxylic acids is 1. The number of fused-ring (bicyclic) bond motifs is 1. The third-order valence-electron chi connectivity index (χ3n) is 6.33. The molecule has 0 heterocycles. The molecule has 2 aliphatic rings. The van der Waals surface area contributed by atoms with Crippen molar-refractivity contribution < 1.29 is 11.3 Å². The first-order valence-electron chi connectivity index (χ1n) is 9.05. The van der Waals surface area contributed by atoms with E-state index in [9.17, 15) is 4.79 Å². The largest absolute Gasteiger partial charge is 0.392 e. The molecule has 0 aliphatic heterocycles. The molecule has 2 aliphatic carbocycles. The summed E-state index contributed by atoms with van der Waals surface area (Å²) in [5, 5.41) is 9.14. The lowest BCUT2D eigenvalue weighted by Gasteiger charge is -2.56. The van der Waals surface area contributed by atoms with Gasteiger partial charge in [0.2, 0.25) is 0 Å². The van der Waals surface area contributed by atoms with E-state index in [1.807, 2.05) is 6.92 Å². The Labute approximate surface area is 131 Å². The highest BCUT2D eigenvalue weighted by Crippen LogP contribution is 2.59. The highest BCUT2D eigenvalue weighted by Gasteiger charge is 2.54. The molecular weight excluding hydrogens is 260 g/mol. The number of ketones is 1. The van der Waals surface area contributed by atoms with Gasteiger partial charge in [-0.05, 0) is 55.8 Å². The third kappa shape index (κ3) is 3.26. The van der Waals surface area contributed by atoms with Crippen LogP contribution in [0.25, 0.3) is 0 Å². The van der Waals surface area contributed by atoms with Crippen molar-refractivity contribution in [2.24, 2.45) is 22.7 Å². The van der Waals surface area contributed by atoms with Crippen LogP contribution in [0.15, 0.2) is 11.6 Å². The zero-order valence-corrected chi connectivity index (χ0v) is 14.1. The summed E-state index contributed by atoms with van der Waals surface area (Å²) in [6.45, 7) is 7.92. The molecule has 1 unspecified atom stereocenters. The Hall–Kier alpha value is -0.630. The lowest BCUT2D eigenvalue weighted by atomic mass is 9.47. The third-order valence-corrected chi connectivity index (χ3v) is 6.33. The smallest absolute Gasteiger partial charge is 0.136 e. The number of aliphatic hydroxyl groups is 1. The van der Waals surface area contributed by atoms with Crippen molar-refractivity contribution in [2.75, 3.05) is 6.58 Å². The lowest BCUT2D eigenvalue weighted by Crippen LogP contribution is -2.51. The molecule has 2 fully saturated rings. The van der Waals surface area contributed by atoms with Gasteiger partial charge in [-0.15, -0.1) is 0 Å². The molecular formula is C19H32O2. The molecule has 2 saturated carbocycles. The minimum Gasteiger partial charge on any atom is -0.392 e. The van der Waals surface area contributed by atoms with E-state index in [0.29, 0.717) is 17.1 Å². The number of aliphatic hydroxyl groups excluding tert-OH is 1. The molecule has 21 heavy (non-hydrogen) atoms. The highest BCUT2D eigenvalue weighted by atomic mass is 16.2. The molecule has 2 heteroatoms. The Balaban J connectivity index is 2.16. The average Bonchev–Trinajstić information content (AvgIpc) is 2.35. The Morgan fingerprint density at radius 1 is 1.43 bits per heavy atom. The molecule has 0 aromatic rings. The van der Waals surface area contributed by atoms with Crippen LogP contribution in [-0.4, -0.2) is 17.5 Å². The second-order valence-corrected chi connectivity index (χ2v) is 8.16. The highest BCUT2D eigenvalue weighted by molar-refractivity contribution is 5.82. The van der Waals surface area contributed by atoms with Crippen molar-refractivity contribution in [3.05, 3.63) is 11.6 Å². The van der Waals surface area contributed by atoms with Crippen molar-refractivity contribution in [2.45, 2.75) is 72.6 Å². The Kier molecular flexibility index (Phi) is 4.54. The van der Waals surface area contributed by atoms with E-state index >= 15 is 0 Å². The monoisotopic (exact) mass is 293 g/mol. The van der Waals surface area contributed by atoms with Gasteiger partial charge in [0.25, 0.3) is 0 Å². The zero-order valence-electron chi connectivity index (χ0n) is 15.1. The molecule has 1 N–H and O–H groups in total.